The highest BCUT2D eigenvalue weighted by molar-refractivity contribution is 7.98. The van der Waals surface area contributed by atoms with Gasteiger partial charge in [-0.1, -0.05) is 6.92 Å². The van der Waals surface area contributed by atoms with Crippen LogP contribution in [-0.4, -0.2) is 16.0 Å². The third-order valence-corrected chi connectivity index (χ3v) is 2.83. The fourth-order valence-corrected chi connectivity index (χ4v) is 1.94. The molecule has 76 valence electrons. The number of hydrogen-bond donors (Lipinski definition) is 1. The number of aromatic nitrogens is 2. The zero-order valence-electron chi connectivity index (χ0n) is 8.61. The van der Waals surface area contributed by atoms with Crippen LogP contribution in [0.25, 0.3) is 0 Å². The molecule has 1 unspecified atom stereocenters. The molecule has 2 N–H and O–H groups in total. The van der Waals surface area contributed by atoms with Crippen molar-refractivity contribution in [3.8, 4) is 6.07 Å². The van der Waals surface area contributed by atoms with Crippen LogP contribution in [0.3, 0.4) is 0 Å². The lowest BCUT2D eigenvalue weighted by Gasteiger charge is -2.08. The van der Waals surface area contributed by atoms with E-state index >= 15 is 0 Å². The average molecular weight is 210 g/mol. The molecule has 0 saturated heterocycles. The summed E-state index contributed by atoms with van der Waals surface area (Å²) in [5, 5.41) is 14.0. The van der Waals surface area contributed by atoms with Crippen LogP contribution in [0.2, 0.25) is 0 Å². The molecular formula is C9H14N4S. The summed E-state index contributed by atoms with van der Waals surface area (Å²) in [5.74, 6) is 0. The van der Waals surface area contributed by atoms with Gasteiger partial charge < -0.3 is 5.73 Å². The Labute approximate surface area is 88.1 Å². The van der Waals surface area contributed by atoms with E-state index in [1.54, 1.807) is 4.68 Å². The van der Waals surface area contributed by atoms with Gasteiger partial charge in [0.05, 0.1) is 5.69 Å². The molecular weight excluding hydrogens is 196 g/mol. The van der Waals surface area contributed by atoms with Gasteiger partial charge in [0, 0.05) is 13.1 Å². The van der Waals surface area contributed by atoms with Gasteiger partial charge in [0.25, 0.3) is 0 Å². The van der Waals surface area contributed by atoms with Crippen LogP contribution in [0.4, 0.5) is 0 Å². The molecule has 1 rings (SSSR count). The molecule has 1 aromatic rings. The highest BCUT2D eigenvalue weighted by atomic mass is 32.2. The van der Waals surface area contributed by atoms with Gasteiger partial charge in [0.2, 0.25) is 0 Å². The van der Waals surface area contributed by atoms with Gasteiger partial charge in [-0.25, -0.2) is 0 Å². The van der Waals surface area contributed by atoms with Crippen molar-refractivity contribution in [1.29, 1.82) is 5.26 Å². The molecule has 0 aliphatic carbocycles. The zero-order chi connectivity index (χ0) is 10.7. The normalized spacial score (nSPS) is 12.5. The third-order valence-electron chi connectivity index (χ3n) is 2.16. The molecule has 0 fully saturated rings. The predicted molar refractivity (Wildman–Crippen MR) is 56.9 cm³/mol. The summed E-state index contributed by atoms with van der Waals surface area (Å²) in [5.41, 5.74) is 7.37. The Hall–Kier alpha value is -0.990. The fraction of sp³-hybridized carbons (Fsp3) is 0.556. The molecule has 1 heterocycles. The summed E-state index contributed by atoms with van der Waals surface area (Å²) in [6.07, 6.45) is 2.71. The van der Waals surface area contributed by atoms with Gasteiger partial charge in [0.15, 0.2) is 0 Å². The Morgan fingerprint density at radius 3 is 2.79 bits per heavy atom. The predicted octanol–water partition coefficient (Wildman–Crippen LogP) is 1.42. The quantitative estimate of drug-likeness (QED) is 0.766. The molecule has 0 aromatic carbocycles. The lowest BCUT2D eigenvalue weighted by atomic mass is 10.1. The van der Waals surface area contributed by atoms with E-state index in [4.69, 9.17) is 11.0 Å². The third kappa shape index (κ3) is 1.76. The topological polar surface area (TPSA) is 67.6 Å². The number of nitriles is 1. The van der Waals surface area contributed by atoms with Gasteiger partial charge >= 0.3 is 0 Å². The minimum atomic E-state index is -0.108. The Kier molecular flexibility index (Phi) is 3.55. The van der Waals surface area contributed by atoms with Crippen LogP contribution in [0.15, 0.2) is 5.03 Å². The molecule has 0 saturated carbocycles. The first-order valence-electron chi connectivity index (χ1n) is 4.42. The summed E-state index contributed by atoms with van der Waals surface area (Å²) in [4.78, 5) is 0. The second-order valence-corrected chi connectivity index (χ2v) is 3.81. The lowest BCUT2D eigenvalue weighted by molar-refractivity contribution is 0.600. The number of nitrogens with zero attached hydrogens (tertiary/aromatic N) is 3. The van der Waals surface area contributed by atoms with Crippen LogP contribution in [-0.2, 0) is 7.05 Å². The molecule has 0 aliphatic rings. The molecule has 14 heavy (non-hydrogen) atoms. The van der Waals surface area contributed by atoms with E-state index in [0.717, 1.165) is 17.1 Å². The molecule has 0 spiro atoms. The molecule has 0 aliphatic heterocycles. The Bertz CT molecular complexity index is 364. The maximum absolute atomic E-state index is 9.02. The highest BCUT2D eigenvalue weighted by Crippen LogP contribution is 2.25. The second-order valence-electron chi connectivity index (χ2n) is 3.02. The van der Waals surface area contributed by atoms with E-state index in [2.05, 4.69) is 11.2 Å². The Morgan fingerprint density at radius 1 is 1.71 bits per heavy atom. The standard InChI is InChI=1S/C9H14N4S/c1-4-7(11)8-6(5-10)9(14-3)12-13(8)2/h7H,4,11H2,1-3H3. The van der Waals surface area contributed by atoms with Gasteiger partial charge in [-0.15, -0.1) is 11.8 Å². The molecule has 5 heteroatoms. The summed E-state index contributed by atoms with van der Waals surface area (Å²) in [6, 6.07) is 2.06. The fourth-order valence-electron chi connectivity index (χ4n) is 1.38. The largest absolute Gasteiger partial charge is 0.323 e. The minimum Gasteiger partial charge on any atom is -0.323 e. The number of rotatable bonds is 3. The summed E-state index contributed by atoms with van der Waals surface area (Å²) >= 11 is 1.47. The molecule has 4 nitrogen and oxygen atoms in total. The van der Waals surface area contributed by atoms with Gasteiger partial charge in [-0.3, -0.25) is 4.68 Å². The van der Waals surface area contributed by atoms with E-state index in [1.165, 1.54) is 11.8 Å². The van der Waals surface area contributed by atoms with Crippen molar-refractivity contribution >= 4 is 11.8 Å². The SMILES string of the molecule is CCC(N)c1c(C#N)c(SC)nn1C. The Balaban J connectivity index is 3.27. The second kappa shape index (κ2) is 4.49. The number of nitrogens with two attached hydrogens (primary N) is 1. The summed E-state index contributed by atoms with van der Waals surface area (Å²) in [7, 11) is 1.82. The number of thioether (sulfide) groups is 1. The molecule has 0 bridgehead atoms. The van der Waals surface area contributed by atoms with Crippen LogP contribution < -0.4 is 5.73 Å². The zero-order valence-corrected chi connectivity index (χ0v) is 9.43. The maximum Gasteiger partial charge on any atom is 0.136 e. The molecule has 1 aromatic heterocycles. The number of aryl methyl sites for hydroxylation is 1. The van der Waals surface area contributed by atoms with Crippen molar-refractivity contribution < 1.29 is 0 Å². The van der Waals surface area contributed by atoms with E-state index in [1.807, 2.05) is 20.2 Å². The molecule has 0 amide bonds. The Morgan fingerprint density at radius 2 is 2.36 bits per heavy atom. The van der Waals surface area contributed by atoms with Gasteiger partial charge in [-0.05, 0) is 12.7 Å². The first kappa shape index (κ1) is 11.1. The molecule has 0 radical (unpaired) electrons. The summed E-state index contributed by atoms with van der Waals surface area (Å²) in [6.45, 7) is 2.00. The van der Waals surface area contributed by atoms with Crippen LogP contribution in [0.5, 0.6) is 0 Å². The van der Waals surface area contributed by atoms with E-state index in [9.17, 15) is 0 Å². The van der Waals surface area contributed by atoms with Crippen LogP contribution >= 0.6 is 11.8 Å². The van der Waals surface area contributed by atoms with E-state index in [-0.39, 0.29) is 6.04 Å². The van der Waals surface area contributed by atoms with Crippen molar-refractivity contribution in [2.24, 2.45) is 12.8 Å². The van der Waals surface area contributed by atoms with Crippen LogP contribution in [0.1, 0.15) is 30.6 Å². The van der Waals surface area contributed by atoms with Crippen molar-refractivity contribution in [2.75, 3.05) is 6.26 Å². The van der Waals surface area contributed by atoms with Gasteiger partial charge in [0.1, 0.15) is 16.7 Å². The van der Waals surface area contributed by atoms with Crippen LogP contribution in [0, 0.1) is 11.3 Å². The lowest BCUT2D eigenvalue weighted by Crippen LogP contribution is -2.14. The average Bonchev–Trinajstić information content (AvgIpc) is 2.53. The smallest absolute Gasteiger partial charge is 0.136 e. The van der Waals surface area contributed by atoms with E-state index < -0.39 is 0 Å². The maximum atomic E-state index is 9.02. The van der Waals surface area contributed by atoms with Crippen molar-refractivity contribution in [3.05, 3.63) is 11.3 Å². The van der Waals surface area contributed by atoms with Crippen molar-refractivity contribution in [2.45, 2.75) is 24.4 Å². The van der Waals surface area contributed by atoms with E-state index in [0.29, 0.717) is 5.56 Å². The first-order chi connectivity index (χ1) is 6.65. The summed E-state index contributed by atoms with van der Waals surface area (Å²) < 4.78 is 1.71. The van der Waals surface area contributed by atoms with Crippen molar-refractivity contribution in [1.82, 2.24) is 9.78 Å². The van der Waals surface area contributed by atoms with Gasteiger partial charge in [-0.2, -0.15) is 10.4 Å². The first-order valence-corrected chi connectivity index (χ1v) is 5.64. The highest BCUT2D eigenvalue weighted by Gasteiger charge is 2.19. The van der Waals surface area contributed by atoms with Crippen molar-refractivity contribution in [3.63, 3.8) is 0 Å². The molecule has 1 atom stereocenters. The minimum absolute atomic E-state index is 0.108. The number of hydrogen-bond acceptors (Lipinski definition) is 4. The monoisotopic (exact) mass is 210 g/mol.